The van der Waals surface area contributed by atoms with Crippen LogP contribution in [0.25, 0.3) is 0 Å². The molecule has 0 saturated carbocycles. The van der Waals surface area contributed by atoms with Crippen LogP contribution in [-0.4, -0.2) is 35.5 Å². The van der Waals surface area contributed by atoms with E-state index in [2.05, 4.69) is 35.4 Å². The van der Waals surface area contributed by atoms with E-state index in [1.807, 2.05) is 32.9 Å². The zero-order chi connectivity index (χ0) is 18.9. The Morgan fingerprint density at radius 2 is 2.00 bits per heavy atom. The van der Waals surface area contributed by atoms with Gasteiger partial charge < -0.3 is 10.5 Å². The normalized spacial score (nSPS) is 26.0. The van der Waals surface area contributed by atoms with Gasteiger partial charge in [0.25, 0.3) is 0 Å². The molecule has 2 atom stereocenters. The first kappa shape index (κ1) is 18.2. The number of allylic oxidation sites excluding steroid dienone is 2. The number of hydrogen-bond donors (Lipinski definition) is 1. The Morgan fingerprint density at radius 3 is 2.62 bits per heavy atom. The maximum absolute atomic E-state index is 12.2. The molecule has 0 fully saturated rings. The van der Waals surface area contributed by atoms with Crippen LogP contribution in [0, 0.1) is 0 Å². The van der Waals surface area contributed by atoms with Crippen LogP contribution in [0.5, 0.6) is 5.75 Å². The zero-order valence-electron chi connectivity index (χ0n) is 15.9. The molecule has 5 heteroatoms. The van der Waals surface area contributed by atoms with Crippen molar-refractivity contribution in [2.45, 2.75) is 51.2 Å². The second kappa shape index (κ2) is 6.98. The lowest BCUT2D eigenvalue weighted by Gasteiger charge is -2.35. The lowest BCUT2D eigenvalue weighted by atomic mass is 9.80. The van der Waals surface area contributed by atoms with Gasteiger partial charge in [-0.15, -0.1) is 0 Å². The molecule has 0 bridgehead atoms. The van der Waals surface area contributed by atoms with Gasteiger partial charge in [-0.2, -0.15) is 0 Å². The van der Waals surface area contributed by atoms with Gasteiger partial charge in [-0.25, -0.2) is 4.99 Å². The van der Waals surface area contributed by atoms with Crippen molar-refractivity contribution in [3.05, 3.63) is 53.6 Å². The summed E-state index contributed by atoms with van der Waals surface area (Å²) < 4.78 is 5.72. The minimum absolute atomic E-state index is 0.00777. The van der Waals surface area contributed by atoms with E-state index in [4.69, 9.17) is 10.5 Å². The maximum Gasteiger partial charge on any atom is 0.231 e. The molecule has 2 N–H and O–H groups in total. The maximum atomic E-state index is 12.2. The van der Waals surface area contributed by atoms with Crippen molar-refractivity contribution in [1.82, 2.24) is 4.90 Å². The number of nitrogens with zero attached hydrogens (tertiary/aromatic N) is 2. The Balaban J connectivity index is 1.85. The standard InChI is InChI=1S/C21H27N3O2/c1-14(2)26-18-10-8-15(9-11-18)16-6-5-7-17(12-16)21(3)13-19(25)24(4)20(22)23-21/h5,7-12,14,16H,6,13H2,1-4H3,(H2,22,23). The van der Waals surface area contributed by atoms with E-state index in [9.17, 15) is 4.79 Å². The molecule has 1 heterocycles. The molecule has 2 aliphatic rings. The summed E-state index contributed by atoms with van der Waals surface area (Å²) in [5.74, 6) is 1.40. The predicted molar refractivity (Wildman–Crippen MR) is 104 cm³/mol. The lowest BCUT2D eigenvalue weighted by Crippen LogP contribution is -2.49. The Hall–Kier alpha value is -2.56. The predicted octanol–water partition coefficient (Wildman–Crippen LogP) is 3.38. The molecule has 0 saturated heterocycles. The van der Waals surface area contributed by atoms with E-state index in [1.54, 1.807) is 7.05 Å². The van der Waals surface area contributed by atoms with Gasteiger partial charge in [-0.3, -0.25) is 9.69 Å². The Bertz CT molecular complexity index is 777. The molecule has 1 amide bonds. The molecular formula is C21H27N3O2. The van der Waals surface area contributed by atoms with Crippen molar-refractivity contribution in [2.24, 2.45) is 10.7 Å². The fourth-order valence-electron chi connectivity index (χ4n) is 3.41. The fourth-order valence-corrected chi connectivity index (χ4v) is 3.41. The first-order valence-electron chi connectivity index (χ1n) is 9.06. The van der Waals surface area contributed by atoms with E-state index < -0.39 is 5.54 Å². The van der Waals surface area contributed by atoms with Crippen LogP contribution in [-0.2, 0) is 4.79 Å². The van der Waals surface area contributed by atoms with Crippen molar-refractivity contribution in [1.29, 1.82) is 0 Å². The highest BCUT2D eigenvalue weighted by Gasteiger charge is 2.37. The van der Waals surface area contributed by atoms with Crippen molar-refractivity contribution in [3.63, 3.8) is 0 Å². The van der Waals surface area contributed by atoms with E-state index in [1.165, 1.54) is 10.5 Å². The molecule has 1 aliphatic carbocycles. The molecule has 1 aliphatic heterocycles. The molecule has 138 valence electrons. The highest BCUT2D eigenvalue weighted by Crippen LogP contribution is 2.37. The van der Waals surface area contributed by atoms with Gasteiger partial charge in [0, 0.05) is 13.0 Å². The zero-order valence-corrected chi connectivity index (χ0v) is 15.9. The molecule has 1 aromatic carbocycles. The number of ether oxygens (including phenoxy) is 1. The Morgan fingerprint density at radius 1 is 1.31 bits per heavy atom. The van der Waals surface area contributed by atoms with E-state index in [-0.39, 0.29) is 23.9 Å². The molecule has 0 radical (unpaired) electrons. The second-order valence-electron chi connectivity index (χ2n) is 7.48. The highest BCUT2D eigenvalue weighted by atomic mass is 16.5. The minimum Gasteiger partial charge on any atom is -0.491 e. The molecule has 5 nitrogen and oxygen atoms in total. The molecule has 26 heavy (non-hydrogen) atoms. The van der Waals surface area contributed by atoms with Crippen LogP contribution in [0.2, 0.25) is 0 Å². The van der Waals surface area contributed by atoms with E-state index in [0.29, 0.717) is 6.42 Å². The number of hydrogen-bond acceptors (Lipinski definition) is 4. The van der Waals surface area contributed by atoms with E-state index in [0.717, 1.165) is 17.7 Å². The van der Waals surface area contributed by atoms with Crippen LogP contribution >= 0.6 is 0 Å². The first-order chi connectivity index (χ1) is 12.3. The average molecular weight is 353 g/mol. The Labute approximate surface area is 155 Å². The third kappa shape index (κ3) is 3.66. The summed E-state index contributed by atoms with van der Waals surface area (Å²) in [4.78, 5) is 18.3. The highest BCUT2D eigenvalue weighted by molar-refractivity contribution is 5.99. The second-order valence-corrected chi connectivity index (χ2v) is 7.48. The summed E-state index contributed by atoms with van der Waals surface area (Å²) in [6.45, 7) is 6.01. The molecular weight excluding hydrogens is 326 g/mol. The van der Waals surface area contributed by atoms with Crippen molar-refractivity contribution < 1.29 is 9.53 Å². The van der Waals surface area contributed by atoms with Crippen LogP contribution in [0.1, 0.15) is 45.1 Å². The monoisotopic (exact) mass is 353 g/mol. The van der Waals surface area contributed by atoms with Gasteiger partial charge in [0.1, 0.15) is 5.75 Å². The van der Waals surface area contributed by atoms with Crippen LogP contribution in [0.3, 0.4) is 0 Å². The summed E-state index contributed by atoms with van der Waals surface area (Å²) in [7, 11) is 1.66. The summed E-state index contributed by atoms with van der Waals surface area (Å²) >= 11 is 0. The summed E-state index contributed by atoms with van der Waals surface area (Å²) in [6.07, 6.45) is 7.86. The van der Waals surface area contributed by atoms with Crippen LogP contribution in [0.4, 0.5) is 0 Å². The summed E-state index contributed by atoms with van der Waals surface area (Å²) in [6, 6.07) is 8.24. The topological polar surface area (TPSA) is 67.9 Å². The van der Waals surface area contributed by atoms with E-state index >= 15 is 0 Å². The van der Waals surface area contributed by atoms with Gasteiger partial charge in [0.2, 0.25) is 5.91 Å². The van der Waals surface area contributed by atoms with Gasteiger partial charge in [-0.05, 0) is 50.5 Å². The number of rotatable bonds is 4. The Kier molecular flexibility index (Phi) is 4.90. The minimum atomic E-state index is -0.608. The first-order valence-corrected chi connectivity index (χ1v) is 9.06. The average Bonchev–Trinajstić information content (AvgIpc) is 2.60. The molecule has 0 aromatic heterocycles. The third-order valence-electron chi connectivity index (χ3n) is 4.94. The van der Waals surface area contributed by atoms with Gasteiger partial charge in [0.15, 0.2) is 5.96 Å². The molecule has 2 unspecified atom stereocenters. The number of nitrogens with two attached hydrogens (primary N) is 1. The van der Waals surface area contributed by atoms with Crippen molar-refractivity contribution in [3.8, 4) is 5.75 Å². The SMILES string of the molecule is CC(C)Oc1ccc(C2C=C(C3(C)CC(=O)N(C)C(N)=N3)C=CC2)cc1. The third-order valence-corrected chi connectivity index (χ3v) is 4.94. The number of aliphatic imine (C=N–C) groups is 1. The number of guanidine groups is 1. The summed E-state index contributed by atoms with van der Waals surface area (Å²) in [5.41, 5.74) is 7.60. The summed E-state index contributed by atoms with van der Waals surface area (Å²) in [5, 5.41) is 0. The number of amides is 1. The molecule has 0 spiro atoms. The molecule has 1 aromatic rings. The molecule has 3 rings (SSSR count). The van der Waals surface area contributed by atoms with Crippen molar-refractivity contribution in [2.75, 3.05) is 7.05 Å². The van der Waals surface area contributed by atoms with Crippen LogP contribution < -0.4 is 10.5 Å². The fraction of sp³-hybridized carbons (Fsp3) is 0.429. The van der Waals surface area contributed by atoms with Gasteiger partial charge in [-0.1, -0.05) is 30.4 Å². The van der Waals surface area contributed by atoms with Gasteiger partial charge in [0.05, 0.1) is 18.1 Å². The van der Waals surface area contributed by atoms with Gasteiger partial charge >= 0.3 is 0 Å². The van der Waals surface area contributed by atoms with Crippen LogP contribution in [0.15, 0.2) is 53.1 Å². The lowest BCUT2D eigenvalue weighted by molar-refractivity contribution is -0.128. The number of carbonyl (C=O) groups excluding carboxylic acids is 1. The number of carbonyl (C=O) groups is 1. The number of benzene rings is 1. The quantitative estimate of drug-likeness (QED) is 0.902. The largest absolute Gasteiger partial charge is 0.491 e. The van der Waals surface area contributed by atoms with Crippen molar-refractivity contribution >= 4 is 11.9 Å². The smallest absolute Gasteiger partial charge is 0.231 e.